The topological polar surface area (TPSA) is 52.9 Å². The molecule has 1 aromatic rings. The number of rotatable bonds is 3. The summed E-state index contributed by atoms with van der Waals surface area (Å²) < 4.78 is 38.5. The molecular weight excluding hydrogens is 245 g/mol. The van der Waals surface area contributed by atoms with Crippen LogP contribution in [0.1, 0.15) is 13.8 Å². The number of carbonyl (C=O) groups is 1. The number of hydrogen-bond donors (Lipinski definition) is 1. The van der Waals surface area contributed by atoms with Crippen LogP contribution in [-0.4, -0.2) is 5.91 Å². The maximum atomic E-state index is 12.9. The van der Waals surface area contributed by atoms with Gasteiger partial charge in [0.2, 0.25) is 5.91 Å². The lowest BCUT2D eigenvalue weighted by atomic mass is 9.96. The van der Waals surface area contributed by atoms with E-state index >= 15 is 0 Å². The highest BCUT2D eigenvalue weighted by atomic mass is 19.2. The monoisotopic (exact) mass is 256 g/mol. The predicted molar refractivity (Wildman–Crippen MR) is 58.9 cm³/mol. The number of carbonyl (C=O) groups excluding carboxylic acids is 1. The molecule has 0 aliphatic carbocycles. The fourth-order valence-corrected chi connectivity index (χ4v) is 1.36. The number of anilines is 1. The Morgan fingerprint density at radius 3 is 2.17 bits per heavy atom. The molecule has 1 aromatic carbocycles. The van der Waals surface area contributed by atoms with Crippen LogP contribution in [0.4, 0.5) is 18.9 Å². The Morgan fingerprint density at radius 2 is 1.78 bits per heavy atom. The van der Waals surface area contributed by atoms with Gasteiger partial charge in [0, 0.05) is 17.8 Å². The average molecular weight is 256 g/mol. The van der Waals surface area contributed by atoms with Crippen LogP contribution >= 0.6 is 0 Å². The van der Waals surface area contributed by atoms with E-state index in [0.29, 0.717) is 12.1 Å². The molecule has 0 aliphatic rings. The van der Waals surface area contributed by atoms with Crippen LogP contribution < -0.4 is 5.32 Å². The van der Waals surface area contributed by atoms with E-state index in [1.807, 2.05) is 0 Å². The van der Waals surface area contributed by atoms with Gasteiger partial charge in [-0.15, -0.1) is 0 Å². The Bertz CT molecular complexity index is 486. The second-order valence-electron chi connectivity index (χ2n) is 4.09. The highest BCUT2D eigenvalue weighted by molar-refractivity contribution is 5.94. The zero-order valence-electron chi connectivity index (χ0n) is 9.80. The number of hydrogen-bond acceptors (Lipinski definition) is 2. The Morgan fingerprint density at radius 1 is 1.28 bits per heavy atom. The second-order valence-corrected chi connectivity index (χ2v) is 4.09. The van der Waals surface area contributed by atoms with Crippen LogP contribution in [0.15, 0.2) is 12.1 Å². The van der Waals surface area contributed by atoms with Gasteiger partial charge < -0.3 is 5.32 Å². The summed E-state index contributed by atoms with van der Waals surface area (Å²) in [6, 6.07) is 3.10. The fourth-order valence-electron chi connectivity index (χ4n) is 1.36. The highest BCUT2D eigenvalue weighted by Gasteiger charge is 2.22. The zero-order chi connectivity index (χ0) is 13.9. The summed E-state index contributed by atoms with van der Waals surface area (Å²) in [4.78, 5) is 11.6. The molecule has 0 aliphatic heterocycles. The van der Waals surface area contributed by atoms with Gasteiger partial charge in [-0.2, -0.15) is 5.26 Å². The molecule has 0 saturated carbocycles. The fraction of sp³-hybridized carbons (Fsp3) is 0.333. The van der Waals surface area contributed by atoms with E-state index in [9.17, 15) is 18.0 Å². The van der Waals surface area contributed by atoms with Crippen molar-refractivity contribution in [3.8, 4) is 6.07 Å². The molecule has 96 valence electrons. The number of benzene rings is 1. The lowest BCUT2D eigenvalue weighted by Crippen LogP contribution is -2.25. The minimum absolute atomic E-state index is 0.225. The van der Waals surface area contributed by atoms with Gasteiger partial charge >= 0.3 is 0 Å². The van der Waals surface area contributed by atoms with Crippen molar-refractivity contribution in [3.05, 3.63) is 29.6 Å². The third-order valence-corrected chi connectivity index (χ3v) is 2.34. The van der Waals surface area contributed by atoms with Crippen LogP contribution in [0.2, 0.25) is 0 Å². The average Bonchev–Trinajstić information content (AvgIpc) is 2.26. The summed E-state index contributed by atoms with van der Waals surface area (Å²) in [6.07, 6.45) is 0. The first-order valence-electron chi connectivity index (χ1n) is 5.21. The van der Waals surface area contributed by atoms with E-state index in [-0.39, 0.29) is 11.6 Å². The standard InChI is InChI=1S/C12H11F3N2O/c1-6(2)8(5-16)12(18)17-7-3-9(13)11(15)10(14)4-7/h3-4,6,8H,1-2H3,(H,17,18). The Kier molecular flexibility index (Phi) is 4.32. The lowest BCUT2D eigenvalue weighted by Gasteiger charge is -2.13. The number of amides is 1. The summed E-state index contributed by atoms with van der Waals surface area (Å²) in [6.45, 7) is 3.33. The van der Waals surface area contributed by atoms with Crippen LogP contribution in [0, 0.1) is 40.6 Å². The molecule has 1 rings (SSSR count). The molecule has 0 radical (unpaired) electrons. The first-order valence-corrected chi connectivity index (χ1v) is 5.21. The minimum Gasteiger partial charge on any atom is -0.325 e. The molecular formula is C12H11F3N2O. The normalized spacial score (nSPS) is 12.1. The molecule has 1 N–H and O–H groups in total. The van der Waals surface area contributed by atoms with Gasteiger partial charge in [0.25, 0.3) is 0 Å². The van der Waals surface area contributed by atoms with Crippen LogP contribution in [0.3, 0.4) is 0 Å². The number of nitriles is 1. The maximum absolute atomic E-state index is 12.9. The van der Waals surface area contributed by atoms with Crippen molar-refractivity contribution in [2.75, 3.05) is 5.32 Å². The summed E-state index contributed by atoms with van der Waals surface area (Å²) in [5.41, 5.74) is -0.225. The van der Waals surface area contributed by atoms with Gasteiger partial charge in [-0.05, 0) is 5.92 Å². The van der Waals surface area contributed by atoms with Crippen molar-refractivity contribution in [1.82, 2.24) is 0 Å². The van der Waals surface area contributed by atoms with Crippen molar-refractivity contribution in [2.24, 2.45) is 11.8 Å². The zero-order valence-corrected chi connectivity index (χ0v) is 9.80. The van der Waals surface area contributed by atoms with Crippen LogP contribution in [0.5, 0.6) is 0 Å². The molecule has 0 spiro atoms. The highest BCUT2D eigenvalue weighted by Crippen LogP contribution is 2.19. The molecule has 0 saturated heterocycles. The van der Waals surface area contributed by atoms with E-state index < -0.39 is 29.3 Å². The largest absolute Gasteiger partial charge is 0.325 e. The van der Waals surface area contributed by atoms with Gasteiger partial charge in [0.15, 0.2) is 17.5 Å². The minimum atomic E-state index is -1.60. The molecule has 1 unspecified atom stereocenters. The molecule has 1 atom stereocenters. The molecule has 3 nitrogen and oxygen atoms in total. The number of halogens is 3. The van der Waals surface area contributed by atoms with Crippen molar-refractivity contribution >= 4 is 11.6 Å². The summed E-state index contributed by atoms with van der Waals surface area (Å²) in [7, 11) is 0. The van der Waals surface area contributed by atoms with E-state index in [1.54, 1.807) is 19.9 Å². The van der Waals surface area contributed by atoms with E-state index in [2.05, 4.69) is 5.32 Å². The molecule has 0 fully saturated rings. The Hall–Kier alpha value is -2.03. The lowest BCUT2D eigenvalue weighted by molar-refractivity contribution is -0.119. The quantitative estimate of drug-likeness (QED) is 0.845. The smallest absolute Gasteiger partial charge is 0.241 e. The van der Waals surface area contributed by atoms with Crippen molar-refractivity contribution < 1.29 is 18.0 Å². The molecule has 18 heavy (non-hydrogen) atoms. The third-order valence-electron chi connectivity index (χ3n) is 2.34. The summed E-state index contributed by atoms with van der Waals surface area (Å²) in [5.74, 6) is -6.27. The summed E-state index contributed by atoms with van der Waals surface area (Å²) >= 11 is 0. The maximum Gasteiger partial charge on any atom is 0.241 e. The van der Waals surface area contributed by atoms with Gasteiger partial charge in [-0.25, -0.2) is 13.2 Å². The molecule has 0 heterocycles. The Labute approximate surface area is 102 Å². The van der Waals surface area contributed by atoms with Crippen molar-refractivity contribution in [1.29, 1.82) is 5.26 Å². The summed E-state index contributed by atoms with van der Waals surface area (Å²) in [5, 5.41) is 11.0. The van der Waals surface area contributed by atoms with Gasteiger partial charge in [-0.3, -0.25) is 4.79 Å². The first-order chi connectivity index (χ1) is 8.36. The van der Waals surface area contributed by atoms with E-state index in [4.69, 9.17) is 5.26 Å². The third kappa shape index (κ3) is 3.00. The second kappa shape index (κ2) is 5.54. The van der Waals surface area contributed by atoms with Crippen LogP contribution in [-0.2, 0) is 4.79 Å². The van der Waals surface area contributed by atoms with Gasteiger partial charge in [0.05, 0.1) is 6.07 Å². The number of nitrogens with zero attached hydrogens (tertiary/aromatic N) is 1. The number of nitrogens with one attached hydrogen (secondary N) is 1. The molecule has 0 aromatic heterocycles. The molecule has 0 bridgehead atoms. The first kappa shape index (κ1) is 14.0. The SMILES string of the molecule is CC(C)C(C#N)C(=O)Nc1cc(F)c(F)c(F)c1. The van der Waals surface area contributed by atoms with Crippen molar-refractivity contribution in [2.45, 2.75) is 13.8 Å². The van der Waals surface area contributed by atoms with Crippen molar-refractivity contribution in [3.63, 3.8) is 0 Å². The Balaban J connectivity index is 2.93. The van der Waals surface area contributed by atoms with Gasteiger partial charge in [0.1, 0.15) is 5.92 Å². The van der Waals surface area contributed by atoms with E-state index in [0.717, 1.165) is 0 Å². The molecule has 6 heteroatoms. The van der Waals surface area contributed by atoms with E-state index in [1.165, 1.54) is 0 Å². The van der Waals surface area contributed by atoms with Gasteiger partial charge in [-0.1, -0.05) is 13.8 Å². The predicted octanol–water partition coefficient (Wildman–Crippen LogP) is 2.84. The van der Waals surface area contributed by atoms with Crippen LogP contribution in [0.25, 0.3) is 0 Å². The molecule has 1 amide bonds.